The van der Waals surface area contributed by atoms with Gasteiger partial charge >= 0.3 is 6.18 Å². The quantitative estimate of drug-likeness (QED) is 0.720. The van der Waals surface area contributed by atoms with Crippen LogP contribution in [0.3, 0.4) is 0 Å². The first-order chi connectivity index (χ1) is 12.3. The summed E-state index contributed by atoms with van der Waals surface area (Å²) in [7, 11) is 1.54. The predicted octanol–water partition coefficient (Wildman–Crippen LogP) is 4.66. The van der Waals surface area contributed by atoms with Crippen molar-refractivity contribution in [3.05, 3.63) is 65.0 Å². The van der Waals surface area contributed by atoms with Gasteiger partial charge in [0.2, 0.25) is 0 Å². The number of nitrogens with zero attached hydrogens (tertiary/aromatic N) is 1. The Hall–Kier alpha value is -2.57. The van der Waals surface area contributed by atoms with Crippen molar-refractivity contribution < 1.29 is 27.1 Å². The van der Waals surface area contributed by atoms with Crippen LogP contribution in [0.5, 0.6) is 5.75 Å². The Morgan fingerprint density at radius 3 is 2.35 bits per heavy atom. The minimum absolute atomic E-state index is 0.0102. The number of hydrogen-bond acceptors (Lipinski definition) is 2. The Morgan fingerprint density at radius 2 is 1.81 bits per heavy atom. The maximum absolute atomic E-state index is 13.5. The van der Waals surface area contributed by atoms with Gasteiger partial charge in [-0.05, 0) is 48.7 Å². The average molecular weight is 367 g/mol. The molecule has 2 aromatic carbocycles. The van der Waals surface area contributed by atoms with Gasteiger partial charge in [0.25, 0.3) is 5.91 Å². The first-order valence-corrected chi connectivity index (χ1v) is 8.10. The molecule has 26 heavy (non-hydrogen) atoms. The number of amides is 1. The smallest absolute Gasteiger partial charge is 0.419 e. The highest BCUT2D eigenvalue weighted by atomic mass is 19.4. The molecular formula is C19H17F4NO2. The summed E-state index contributed by atoms with van der Waals surface area (Å²) in [6, 6.07) is 9.46. The highest BCUT2D eigenvalue weighted by Crippen LogP contribution is 2.34. The Labute approximate surface area is 148 Å². The molecule has 0 atom stereocenters. The Bertz CT molecular complexity index is 798. The lowest BCUT2D eigenvalue weighted by molar-refractivity contribution is -0.140. The topological polar surface area (TPSA) is 29.5 Å². The monoisotopic (exact) mass is 367 g/mol. The largest absolute Gasteiger partial charge is 0.497 e. The molecule has 0 unspecified atom stereocenters. The zero-order valence-corrected chi connectivity index (χ0v) is 14.0. The summed E-state index contributed by atoms with van der Waals surface area (Å²) in [5, 5.41) is 0. The van der Waals surface area contributed by atoms with Crippen molar-refractivity contribution >= 4 is 5.91 Å². The average Bonchev–Trinajstić information content (AvgIpc) is 3.44. The molecule has 0 spiro atoms. The minimum atomic E-state index is -4.85. The van der Waals surface area contributed by atoms with Crippen LogP contribution in [0.1, 0.15) is 34.3 Å². The van der Waals surface area contributed by atoms with Crippen molar-refractivity contribution in [3.63, 3.8) is 0 Å². The second kappa shape index (κ2) is 6.97. The van der Waals surface area contributed by atoms with Crippen molar-refractivity contribution in [2.75, 3.05) is 7.11 Å². The molecule has 0 aromatic heterocycles. The van der Waals surface area contributed by atoms with Gasteiger partial charge in [-0.3, -0.25) is 4.79 Å². The highest BCUT2D eigenvalue weighted by molar-refractivity contribution is 5.94. The van der Waals surface area contributed by atoms with Crippen LogP contribution in [0.15, 0.2) is 42.5 Å². The molecule has 1 fully saturated rings. The molecule has 0 heterocycles. The number of methoxy groups -OCH3 is 1. The summed E-state index contributed by atoms with van der Waals surface area (Å²) in [6.45, 7) is 0.270. The third-order valence-corrected chi connectivity index (χ3v) is 4.28. The zero-order chi connectivity index (χ0) is 18.9. The molecule has 7 heteroatoms. The maximum atomic E-state index is 13.5. The van der Waals surface area contributed by atoms with Crippen LogP contribution in [0.2, 0.25) is 0 Å². The van der Waals surface area contributed by atoms with E-state index in [1.807, 2.05) is 0 Å². The third kappa shape index (κ3) is 3.98. The van der Waals surface area contributed by atoms with Gasteiger partial charge in [-0.15, -0.1) is 0 Å². The van der Waals surface area contributed by atoms with Gasteiger partial charge in [-0.2, -0.15) is 13.2 Å². The van der Waals surface area contributed by atoms with E-state index in [-0.39, 0.29) is 18.2 Å². The number of ether oxygens (including phenoxy) is 1. The van der Waals surface area contributed by atoms with Crippen LogP contribution in [0, 0.1) is 5.82 Å². The summed E-state index contributed by atoms with van der Waals surface area (Å²) in [4.78, 5) is 14.3. The van der Waals surface area contributed by atoms with Gasteiger partial charge in [0.1, 0.15) is 11.6 Å². The number of halogens is 4. The predicted molar refractivity (Wildman–Crippen MR) is 87.3 cm³/mol. The molecule has 1 aliphatic rings. The van der Waals surface area contributed by atoms with Crippen LogP contribution >= 0.6 is 0 Å². The lowest BCUT2D eigenvalue weighted by atomic mass is 10.1. The van der Waals surface area contributed by atoms with Gasteiger partial charge < -0.3 is 9.64 Å². The van der Waals surface area contributed by atoms with Crippen molar-refractivity contribution in [1.29, 1.82) is 0 Å². The molecule has 3 nitrogen and oxygen atoms in total. The van der Waals surface area contributed by atoms with E-state index in [1.54, 1.807) is 31.4 Å². The Morgan fingerprint density at radius 1 is 1.15 bits per heavy atom. The van der Waals surface area contributed by atoms with Gasteiger partial charge in [0.05, 0.1) is 12.7 Å². The molecule has 3 rings (SSSR count). The fourth-order valence-electron chi connectivity index (χ4n) is 2.72. The van der Waals surface area contributed by atoms with E-state index in [2.05, 4.69) is 0 Å². The molecule has 0 saturated heterocycles. The number of carbonyl (C=O) groups is 1. The third-order valence-electron chi connectivity index (χ3n) is 4.28. The van der Waals surface area contributed by atoms with Gasteiger partial charge in [0.15, 0.2) is 0 Å². The molecule has 0 aliphatic heterocycles. The van der Waals surface area contributed by atoms with E-state index >= 15 is 0 Å². The first kappa shape index (κ1) is 18.2. The van der Waals surface area contributed by atoms with Crippen LogP contribution in [0.25, 0.3) is 0 Å². The summed E-state index contributed by atoms with van der Waals surface area (Å²) in [5.41, 5.74) is -0.758. The lowest BCUT2D eigenvalue weighted by Crippen LogP contribution is -2.32. The SMILES string of the molecule is COc1ccc(CN(C(=O)c2ccc(F)c(C(F)(F)F)c2)C2CC2)cc1. The van der Waals surface area contributed by atoms with Crippen molar-refractivity contribution in [2.24, 2.45) is 0 Å². The maximum Gasteiger partial charge on any atom is 0.419 e. The Balaban J connectivity index is 1.85. The number of benzene rings is 2. The molecule has 1 amide bonds. The van der Waals surface area contributed by atoms with E-state index in [9.17, 15) is 22.4 Å². The van der Waals surface area contributed by atoms with E-state index in [1.165, 1.54) is 4.90 Å². The molecule has 1 saturated carbocycles. The molecule has 0 bridgehead atoms. The summed E-state index contributed by atoms with van der Waals surface area (Å²) < 4.78 is 57.3. The van der Waals surface area contributed by atoms with Gasteiger partial charge in [-0.25, -0.2) is 4.39 Å². The standard InChI is InChI=1S/C19H17F4NO2/c1-26-15-7-2-12(3-8-15)11-24(14-5-6-14)18(25)13-4-9-17(20)16(10-13)19(21,22)23/h2-4,7-10,14H,5-6,11H2,1H3. The van der Waals surface area contributed by atoms with Crippen LogP contribution in [-0.2, 0) is 12.7 Å². The van der Waals surface area contributed by atoms with Crippen LogP contribution in [0.4, 0.5) is 17.6 Å². The van der Waals surface area contributed by atoms with Crippen LogP contribution in [-0.4, -0.2) is 24.0 Å². The molecule has 0 radical (unpaired) electrons. The molecule has 2 aromatic rings. The van der Waals surface area contributed by atoms with Crippen molar-refractivity contribution in [1.82, 2.24) is 4.90 Å². The highest BCUT2D eigenvalue weighted by Gasteiger charge is 2.37. The minimum Gasteiger partial charge on any atom is -0.497 e. The fraction of sp³-hybridized carbons (Fsp3) is 0.316. The molecule has 1 aliphatic carbocycles. The zero-order valence-electron chi connectivity index (χ0n) is 14.0. The van der Waals surface area contributed by atoms with Gasteiger partial charge in [0, 0.05) is 18.2 Å². The van der Waals surface area contributed by atoms with Crippen molar-refractivity contribution in [2.45, 2.75) is 31.6 Å². The number of carbonyl (C=O) groups excluding carboxylic acids is 1. The molecular weight excluding hydrogens is 350 g/mol. The first-order valence-electron chi connectivity index (χ1n) is 8.10. The second-order valence-electron chi connectivity index (χ2n) is 6.20. The summed E-state index contributed by atoms with van der Waals surface area (Å²) >= 11 is 0. The van der Waals surface area contributed by atoms with E-state index in [4.69, 9.17) is 4.74 Å². The summed E-state index contributed by atoms with van der Waals surface area (Å²) in [6.07, 6.45) is -3.24. The molecule has 0 N–H and O–H groups in total. The number of alkyl halides is 3. The van der Waals surface area contributed by atoms with Crippen LogP contribution < -0.4 is 4.74 Å². The number of hydrogen-bond donors (Lipinski definition) is 0. The van der Waals surface area contributed by atoms with E-state index in [0.29, 0.717) is 17.9 Å². The Kier molecular flexibility index (Phi) is 4.89. The van der Waals surface area contributed by atoms with E-state index < -0.39 is 23.5 Å². The second-order valence-corrected chi connectivity index (χ2v) is 6.20. The van der Waals surface area contributed by atoms with Crippen molar-refractivity contribution in [3.8, 4) is 5.75 Å². The lowest BCUT2D eigenvalue weighted by Gasteiger charge is -2.23. The normalized spacial score (nSPS) is 14.2. The van der Waals surface area contributed by atoms with E-state index in [0.717, 1.165) is 24.5 Å². The fourth-order valence-corrected chi connectivity index (χ4v) is 2.72. The number of rotatable bonds is 5. The summed E-state index contributed by atoms with van der Waals surface area (Å²) in [5.74, 6) is -1.25. The molecule has 138 valence electrons. The van der Waals surface area contributed by atoms with Gasteiger partial charge in [-0.1, -0.05) is 12.1 Å².